The van der Waals surface area contributed by atoms with E-state index in [0.29, 0.717) is 0 Å². The Hall–Kier alpha value is -1.39. The molecule has 0 heterocycles. The lowest BCUT2D eigenvalue weighted by Gasteiger charge is -2.14. The maximum Gasteiger partial charge on any atom is 0.304 e. The molecule has 2 nitrogen and oxygen atoms in total. The van der Waals surface area contributed by atoms with Gasteiger partial charge in [-0.15, -0.1) is 0 Å². The van der Waals surface area contributed by atoms with Crippen molar-refractivity contribution in [3.8, 4) is 0 Å². The van der Waals surface area contributed by atoms with Crippen LogP contribution in [0, 0.1) is 0 Å². The van der Waals surface area contributed by atoms with Crippen molar-refractivity contribution in [1.82, 2.24) is 0 Å². The number of carboxylic acid groups (broad SMARTS) is 1. The van der Waals surface area contributed by atoms with Crippen LogP contribution in [-0.2, 0) is 16.3 Å². The van der Waals surface area contributed by atoms with E-state index in [2.05, 4.69) is 24.3 Å². The van der Waals surface area contributed by atoms with Crippen molar-refractivity contribution in [2.75, 3.05) is 5.75 Å². The fourth-order valence-corrected chi connectivity index (χ4v) is 4.51. The molecule has 1 atom stereocenters. The number of hydrogen-bond donors (Lipinski definition) is 1. The fourth-order valence-electron chi connectivity index (χ4n) is 2.03. The quantitative estimate of drug-likeness (QED) is 0.722. The van der Waals surface area contributed by atoms with Gasteiger partial charge in [0.1, 0.15) is 0 Å². The first-order valence-corrected chi connectivity index (χ1v) is 9.43. The number of carboxylic acids is 1. The third kappa shape index (κ3) is 6.58. The van der Waals surface area contributed by atoms with Gasteiger partial charge < -0.3 is 5.11 Å². The molecule has 0 bridgehead atoms. The van der Waals surface area contributed by atoms with Gasteiger partial charge in [0, 0.05) is 22.5 Å². The number of carbonyl (C=O) groups is 1. The van der Waals surface area contributed by atoms with Gasteiger partial charge in [0.2, 0.25) is 0 Å². The minimum Gasteiger partial charge on any atom is -0.481 e. The molecule has 0 saturated heterocycles. The summed E-state index contributed by atoms with van der Waals surface area (Å²) >= 11 is 3.54. The van der Waals surface area contributed by atoms with E-state index in [-0.39, 0.29) is 11.7 Å². The van der Waals surface area contributed by atoms with Crippen LogP contribution in [0.2, 0.25) is 0 Å². The lowest BCUT2D eigenvalue weighted by molar-refractivity contribution is -0.136. The molecule has 22 heavy (non-hydrogen) atoms. The fraction of sp³-hybridized carbons (Fsp3) is 0.278. The smallest absolute Gasteiger partial charge is 0.304 e. The first-order valence-electron chi connectivity index (χ1n) is 7.23. The van der Waals surface area contributed by atoms with Crippen LogP contribution in [0.25, 0.3) is 0 Å². The Kier molecular flexibility index (Phi) is 7.40. The van der Waals surface area contributed by atoms with Crippen molar-refractivity contribution in [2.45, 2.75) is 23.2 Å². The minimum absolute atomic E-state index is 0.145. The molecular weight excluding hydrogens is 312 g/mol. The van der Waals surface area contributed by atoms with Crippen molar-refractivity contribution < 1.29 is 9.90 Å². The van der Waals surface area contributed by atoms with Gasteiger partial charge in [-0.1, -0.05) is 60.7 Å². The van der Waals surface area contributed by atoms with E-state index in [0.717, 1.165) is 17.3 Å². The second-order valence-electron chi connectivity index (χ2n) is 5.02. The first-order chi connectivity index (χ1) is 10.7. The summed E-state index contributed by atoms with van der Waals surface area (Å²) in [7, 11) is 0. The Morgan fingerprint density at radius 1 is 0.909 bits per heavy atom. The van der Waals surface area contributed by atoms with Crippen molar-refractivity contribution in [2.24, 2.45) is 0 Å². The molecule has 1 unspecified atom stereocenters. The number of benzene rings is 2. The lowest BCUT2D eigenvalue weighted by atomic mass is 10.2. The molecule has 0 spiro atoms. The van der Waals surface area contributed by atoms with E-state index >= 15 is 0 Å². The highest BCUT2D eigenvalue weighted by Crippen LogP contribution is 2.25. The molecule has 0 radical (unpaired) electrons. The van der Waals surface area contributed by atoms with Gasteiger partial charge in [-0.3, -0.25) is 4.79 Å². The third-order valence-electron chi connectivity index (χ3n) is 3.15. The molecule has 0 amide bonds. The Balaban J connectivity index is 1.79. The van der Waals surface area contributed by atoms with E-state index in [1.54, 1.807) is 11.8 Å². The molecule has 2 aromatic carbocycles. The number of aliphatic carboxylic acids is 1. The zero-order chi connectivity index (χ0) is 15.6. The zero-order valence-electron chi connectivity index (χ0n) is 12.4. The van der Waals surface area contributed by atoms with Crippen molar-refractivity contribution in [3.63, 3.8) is 0 Å². The minimum atomic E-state index is -0.717. The Bertz CT molecular complexity index is 558. The molecule has 0 aromatic heterocycles. The van der Waals surface area contributed by atoms with Crippen molar-refractivity contribution >= 4 is 29.5 Å². The highest BCUT2D eigenvalue weighted by Gasteiger charge is 2.14. The zero-order valence-corrected chi connectivity index (χ0v) is 14.0. The van der Waals surface area contributed by atoms with Crippen molar-refractivity contribution in [1.29, 1.82) is 0 Å². The second-order valence-corrected chi connectivity index (χ2v) is 7.34. The van der Waals surface area contributed by atoms with Crippen LogP contribution in [0.1, 0.15) is 17.5 Å². The van der Waals surface area contributed by atoms with Crippen LogP contribution in [0.3, 0.4) is 0 Å². The van der Waals surface area contributed by atoms with E-state index < -0.39 is 5.97 Å². The average Bonchev–Trinajstić information content (AvgIpc) is 2.54. The normalized spacial score (nSPS) is 12.0. The highest BCUT2D eigenvalue weighted by atomic mass is 32.2. The van der Waals surface area contributed by atoms with Gasteiger partial charge in [0.05, 0.1) is 6.42 Å². The molecule has 0 fully saturated rings. The molecule has 2 aromatic rings. The Labute approximate surface area is 140 Å². The summed E-state index contributed by atoms with van der Waals surface area (Å²) in [6.45, 7) is 0. The molecule has 116 valence electrons. The number of thioether (sulfide) groups is 2. The van der Waals surface area contributed by atoms with E-state index in [1.165, 1.54) is 11.1 Å². The maximum atomic E-state index is 11.0. The summed E-state index contributed by atoms with van der Waals surface area (Å²) in [6, 6.07) is 20.5. The largest absolute Gasteiger partial charge is 0.481 e. The molecule has 0 aliphatic rings. The van der Waals surface area contributed by atoms with Gasteiger partial charge in [-0.2, -0.15) is 23.5 Å². The van der Waals surface area contributed by atoms with E-state index in [9.17, 15) is 4.79 Å². The number of rotatable bonds is 9. The predicted molar refractivity (Wildman–Crippen MR) is 96.4 cm³/mol. The van der Waals surface area contributed by atoms with Gasteiger partial charge in [0.15, 0.2) is 0 Å². The van der Waals surface area contributed by atoms with Crippen LogP contribution in [-0.4, -0.2) is 22.1 Å². The molecule has 1 N–H and O–H groups in total. The van der Waals surface area contributed by atoms with Crippen LogP contribution in [0.4, 0.5) is 0 Å². The van der Waals surface area contributed by atoms with E-state index in [4.69, 9.17) is 5.11 Å². The summed E-state index contributed by atoms with van der Waals surface area (Å²) in [6.07, 6.45) is 0.222. The average molecular weight is 332 g/mol. The van der Waals surface area contributed by atoms with Crippen LogP contribution < -0.4 is 0 Å². The highest BCUT2D eigenvalue weighted by molar-refractivity contribution is 8.02. The summed E-state index contributed by atoms with van der Waals surface area (Å²) in [5.74, 6) is 1.94. The molecule has 0 aliphatic heterocycles. The summed E-state index contributed by atoms with van der Waals surface area (Å²) < 4.78 is 0. The van der Waals surface area contributed by atoms with Gasteiger partial charge in [-0.05, 0) is 11.1 Å². The molecule has 0 saturated carbocycles. The summed E-state index contributed by atoms with van der Waals surface area (Å²) in [5, 5.41) is 9.22. The Morgan fingerprint density at radius 3 is 2.00 bits per heavy atom. The third-order valence-corrected chi connectivity index (χ3v) is 5.84. The molecule has 2 rings (SSSR count). The van der Waals surface area contributed by atoms with Gasteiger partial charge in [-0.25, -0.2) is 0 Å². The first kappa shape index (κ1) is 17.0. The van der Waals surface area contributed by atoms with Crippen LogP contribution in [0.15, 0.2) is 60.7 Å². The van der Waals surface area contributed by atoms with E-state index in [1.807, 2.05) is 48.2 Å². The predicted octanol–water partition coefficient (Wildman–Crippen LogP) is 4.70. The summed E-state index contributed by atoms with van der Waals surface area (Å²) in [5.41, 5.74) is 2.53. The lowest BCUT2D eigenvalue weighted by Crippen LogP contribution is -2.13. The molecule has 4 heteroatoms. The van der Waals surface area contributed by atoms with Crippen LogP contribution >= 0.6 is 23.5 Å². The monoisotopic (exact) mass is 332 g/mol. The van der Waals surface area contributed by atoms with Crippen LogP contribution in [0.5, 0.6) is 0 Å². The molecular formula is C18H20O2S2. The number of hydrogen-bond acceptors (Lipinski definition) is 3. The van der Waals surface area contributed by atoms with Gasteiger partial charge >= 0.3 is 5.97 Å². The van der Waals surface area contributed by atoms with Gasteiger partial charge in [0.25, 0.3) is 0 Å². The summed E-state index contributed by atoms with van der Waals surface area (Å²) in [4.78, 5) is 11.0. The maximum absolute atomic E-state index is 11.0. The van der Waals surface area contributed by atoms with Crippen molar-refractivity contribution in [3.05, 3.63) is 71.8 Å². The SMILES string of the molecule is O=C(O)CC(CSCc1ccccc1)SCc1ccccc1. The molecule has 0 aliphatic carbocycles. The topological polar surface area (TPSA) is 37.3 Å². The standard InChI is InChI=1S/C18H20O2S2/c19-18(20)11-17(22-13-16-9-5-2-6-10-16)14-21-12-15-7-3-1-4-8-15/h1-10,17H,11-14H2,(H,19,20). The second kappa shape index (κ2) is 9.59. The Morgan fingerprint density at radius 2 is 1.45 bits per heavy atom.